The zero-order valence-corrected chi connectivity index (χ0v) is 21.2. The molecule has 7 nitrogen and oxygen atoms in total. The van der Waals surface area contributed by atoms with Gasteiger partial charge in [0.1, 0.15) is 5.75 Å². The third-order valence-electron chi connectivity index (χ3n) is 6.87. The summed E-state index contributed by atoms with van der Waals surface area (Å²) in [6.45, 7) is 2.14. The number of nitrogens with zero attached hydrogens (tertiary/aromatic N) is 3. The van der Waals surface area contributed by atoms with Crippen molar-refractivity contribution in [2.24, 2.45) is 11.8 Å². The van der Waals surface area contributed by atoms with E-state index in [9.17, 15) is 19.4 Å². The van der Waals surface area contributed by atoms with Gasteiger partial charge in [-0.2, -0.15) is 4.39 Å². The molecule has 0 saturated carbocycles. The molecule has 2 aromatic heterocycles. The molecule has 3 atom stereocenters. The van der Waals surface area contributed by atoms with E-state index < -0.39 is 23.9 Å². The Morgan fingerprint density at radius 2 is 2.17 bits per heavy atom. The van der Waals surface area contributed by atoms with Crippen molar-refractivity contribution < 1.29 is 24.1 Å². The van der Waals surface area contributed by atoms with Crippen molar-refractivity contribution in [2.45, 2.75) is 36.8 Å². The molecule has 1 aliphatic heterocycles. The maximum Gasteiger partial charge on any atom is 0.308 e. The van der Waals surface area contributed by atoms with E-state index in [1.807, 2.05) is 24.3 Å². The molecular weight excluding hydrogens is 481 g/mol. The Morgan fingerprint density at radius 1 is 1.31 bits per heavy atom. The summed E-state index contributed by atoms with van der Waals surface area (Å²) >= 11 is 1.51. The standard InChI is InChI=1S/C27H32FN3O4S/c1-35-19-7-8-23-21(16-19)20(10-12-29-23)24(32)9-6-18-11-14-31(17-22(18)27(33)34)13-3-15-36-26-5-2-4-25(28)30-26/h2,4-5,7-8,10,12,16,18,22,24,32H,3,6,9,11,13-15,17H2,1H3,(H,33,34)/t18-,22+,24-/m1/s1. The predicted molar refractivity (Wildman–Crippen MR) is 138 cm³/mol. The minimum Gasteiger partial charge on any atom is -0.497 e. The van der Waals surface area contributed by atoms with Gasteiger partial charge in [0.2, 0.25) is 5.95 Å². The number of aliphatic hydroxyl groups excluding tert-OH is 1. The fraction of sp³-hybridized carbons (Fsp3) is 0.444. The number of carbonyl (C=O) groups is 1. The molecule has 0 spiro atoms. The molecule has 0 radical (unpaired) electrons. The number of fused-ring (bicyclic) bond motifs is 1. The molecule has 0 unspecified atom stereocenters. The number of methoxy groups -OCH3 is 1. The topological polar surface area (TPSA) is 95.8 Å². The highest BCUT2D eigenvalue weighted by atomic mass is 32.2. The normalized spacial score (nSPS) is 19.3. The average molecular weight is 514 g/mol. The lowest BCUT2D eigenvalue weighted by molar-refractivity contribution is -0.146. The van der Waals surface area contributed by atoms with Crippen molar-refractivity contribution >= 4 is 28.6 Å². The molecule has 0 aliphatic carbocycles. The van der Waals surface area contributed by atoms with Gasteiger partial charge in [0.25, 0.3) is 0 Å². The zero-order chi connectivity index (χ0) is 25.5. The van der Waals surface area contributed by atoms with Crippen LogP contribution in [0.25, 0.3) is 10.9 Å². The number of aromatic nitrogens is 2. The molecule has 1 fully saturated rings. The van der Waals surface area contributed by atoms with Crippen LogP contribution in [0.2, 0.25) is 0 Å². The fourth-order valence-corrected chi connectivity index (χ4v) is 5.73. The molecule has 1 aliphatic rings. The van der Waals surface area contributed by atoms with E-state index in [0.717, 1.165) is 48.2 Å². The number of hydrogen-bond donors (Lipinski definition) is 2. The van der Waals surface area contributed by atoms with Crippen LogP contribution >= 0.6 is 11.8 Å². The minimum absolute atomic E-state index is 0.0157. The molecule has 9 heteroatoms. The molecule has 1 aromatic carbocycles. The summed E-state index contributed by atoms with van der Waals surface area (Å²) < 4.78 is 18.5. The first-order valence-corrected chi connectivity index (χ1v) is 13.2. The largest absolute Gasteiger partial charge is 0.497 e. The summed E-state index contributed by atoms with van der Waals surface area (Å²) in [5.74, 6) is -0.206. The van der Waals surface area contributed by atoms with Gasteiger partial charge in [0.15, 0.2) is 0 Å². The third-order valence-corrected chi connectivity index (χ3v) is 7.88. The smallest absolute Gasteiger partial charge is 0.308 e. The number of pyridine rings is 2. The molecule has 3 aromatic rings. The van der Waals surface area contributed by atoms with Gasteiger partial charge in [0, 0.05) is 23.9 Å². The van der Waals surface area contributed by atoms with Crippen molar-refractivity contribution in [1.82, 2.24) is 14.9 Å². The highest BCUT2D eigenvalue weighted by Gasteiger charge is 2.34. The lowest BCUT2D eigenvalue weighted by Gasteiger charge is -2.37. The van der Waals surface area contributed by atoms with Gasteiger partial charge in [-0.25, -0.2) is 4.98 Å². The van der Waals surface area contributed by atoms with Crippen LogP contribution < -0.4 is 4.74 Å². The van der Waals surface area contributed by atoms with E-state index >= 15 is 0 Å². The van der Waals surface area contributed by atoms with Crippen molar-refractivity contribution in [1.29, 1.82) is 0 Å². The highest BCUT2D eigenvalue weighted by Crippen LogP contribution is 2.34. The summed E-state index contributed by atoms with van der Waals surface area (Å²) in [7, 11) is 1.60. The van der Waals surface area contributed by atoms with Gasteiger partial charge in [-0.3, -0.25) is 9.78 Å². The number of carboxylic acid groups (broad SMARTS) is 1. The van der Waals surface area contributed by atoms with Gasteiger partial charge in [-0.1, -0.05) is 6.07 Å². The number of ether oxygens (including phenoxy) is 1. The second-order valence-corrected chi connectivity index (χ2v) is 10.3. The average Bonchev–Trinajstić information content (AvgIpc) is 2.89. The first-order chi connectivity index (χ1) is 17.4. The van der Waals surface area contributed by atoms with Gasteiger partial charge in [-0.15, -0.1) is 11.8 Å². The lowest BCUT2D eigenvalue weighted by atomic mass is 9.81. The molecule has 0 amide bonds. The van der Waals surface area contributed by atoms with Crippen LogP contribution in [0.4, 0.5) is 4.39 Å². The number of carboxylic acids is 1. The number of aliphatic hydroxyl groups is 1. The summed E-state index contributed by atoms with van der Waals surface area (Å²) in [4.78, 5) is 22.5. The number of piperidine rings is 1. The van der Waals surface area contributed by atoms with E-state index in [2.05, 4.69) is 14.9 Å². The Morgan fingerprint density at radius 3 is 2.94 bits per heavy atom. The van der Waals surface area contributed by atoms with Crippen LogP contribution in [0.3, 0.4) is 0 Å². The molecule has 4 rings (SSSR count). The SMILES string of the molecule is COc1ccc2nccc([C@H](O)CC[C@@H]3CCN(CCCSc4cccc(F)n4)C[C@@H]3C(=O)O)c2c1. The van der Waals surface area contributed by atoms with E-state index in [-0.39, 0.29) is 5.92 Å². The maximum absolute atomic E-state index is 13.2. The Hall–Kier alpha value is -2.75. The molecule has 192 valence electrons. The van der Waals surface area contributed by atoms with E-state index in [4.69, 9.17) is 4.74 Å². The number of benzene rings is 1. The van der Waals surface area contributed by atoms with Gasteiger partial charge >= 0.3 is 5.97 Å². The van der Waals surface area contributed by atoms with E-state index in [1.54, 1.807) is 25.4 Å². The van der Waals surface area contributed by atoms with Gasteiger partial charge in [0.05, 0.1) is 29.7 Å². The molecule has 0 bridgehead atoms. The van der Waals surface area contributed by atoms with E-state index in [1.165, 1.54) is 17.8 Å². The van der Waals surface area contributed by atoms with Crippen molar-refractivity contribution in [2.75, 3.05) is 32.5 Å². The predicted octanol–water partition coefficient (Wildman–Crippen LogP) is 4.80. The Labute approximate surface area is 214 Å². The molecular formula is C27H32FN3O4S. The minimum atomic E-state index is -0.781. The number of likely N-dealkylation sites (tertiary alicyclic amines) is 1. The lowest BCUT2D eigenvalue weighted by Crippen LogP contribution is -2.44. The van der Waals surface area contributed by atoms with Crippen LogP contribution in [-0.4, -0.2) is 63.5 Å². The van der Waals surface area contributed by atoms with Crippen LogP contribution in [0.5, 0.6) is 5.75 Å². The van der Waals surface area contributed by atoms with Gasteiger partial charge < -0.3 is 19.8 Å². The number of rotatable bonds is 11. The number of halogens is 1. The highest BCUT2D eigenvalue weighted by molar-refractivity contribution is 7.99. The number of aliphatic carboxylic acids is 1. The number of hydrogen-bond acceptors (Lipinski definition) is 7. The van der Waals surface area contributed by atoms with Crippen molar-refractivity contribution in [3.63, 3.8) is 0 Å². The number of thioether (sulfide) groups is 1. The summed E-state index contributed by atoms with van der Waals surface area (Å²) in [5.41, 5.74) is 1.57. The maximum atomic E-state index is 13.2. The van der Waals surface area contributed by atoms with Crippen LogP contribution in [-0.2, 0) is 4.79 Å². The van der Waals surface area contributed by atoms with Crippen molar-refractivity contribution in [3.05, 3.63) is 60.2 Å². The second-order valence-electron chi connectivity index (χ2n) is 9.17. The first kappa shape index (κ1) is 26.3. The van der Waals surface area contributed by atoms with Crippen molar-refractivity contribution in [3.8, 4) is 5.75 Å². The zero-order valence-electron chi connectivity index (χ0n) is 20.3. The van der Waals surface area contributed by atoms with Crippen LogP contribution in [0.15, 0.2) is 53.7 Å². The quantitative estimate of drug-likeness (QED) is 0.215. The summed E-state index contributed by atoms with van der Waals surface area (Å²) in [6, 6.07) is 12.2. The first-order valence-electron chi connectivity index (χ1n) is 12.3. The molecule has 2 N–H and O–H groups in total. The molecule has 3 heterocycles. The third kappa shape index (κ3) is 6.72. The second kappa shape index (κ2) is 12.5. The van der Waals surface area contributed by atoms with Crippen LogP contribution in [0.1, 0.15) is 37.4 Å². The Kier molecular flexibility index (Phi) is 9.12. The molecule has 1 saturated heterocycles. The van der Waals surface area contributed by atoms with E-state index in [0.29, 0.717) is 30.2 Å². The van der Waals surface area contributed by atoms with Gasteiger partial charge in [-0.05, 0) is 86.7 Å². The summed E-state index contributed by atoms with van der Waals surface area (Å²) in [6.07, 6.45) is 3.77. The Balaban J connectivity index is 1.29. The monoisotopic (exact) mass is 513 g/mol. The van der Waals surface area contributed by atoms with Crippen LogP contribution in [0, 0.1) is 17.8 Å². The molecule has 36 heavy (non-hydrogen) atoms. The summed E-state index contributed by atoms with van der Waals surface area (Å²) in [5, 5.41) is 22.4. The fourth-order valence-electron chi connectivity index (χ4n) is 4.92. The Bertz CT molecular complexity index is 1180.